The van der Waals surface area contributed by atoms with Crippen molar-refractivity contribution in [2.45, 2.75) is 39.3 Å². The minimum absolute atomic E-state index is 0.456. The van der Waals surface area contributed by atoms with Crippen molar-refractivity contribution in [3.05, 3.63) is 49.7 Å². The molecule has 1 aromatic heterocycles. The highest BCUT2D eigenvalue weighted by Crippen LogP contribution is 2.29. The Bertz CT molecular complexity index is 623. The van der Waals surface area contributed by atoms with E-state index in [1.807, 2.05) is 11.6 Å². The summed E-state index contributed by atoms with van der Waals surface area (Å²) in [6.07, 6.45) is 0.627. The Morgan fingerprint density at radius 2 is 1.86 bits per heavy atom. The van der Waals surface area contributed by atoms with Crippen LogP contribution in [0.1, 0.15) is 36.9 Å². The zero-order chi connectivity index (χ0) is 15.6. The van der Waals surface area contributed by atoms with Gasteiger partial charge >= 0.3 is 0 Å². The van der Waals surface area contributed by atoms with Gasteiger partial charge in [-0.15, -0.1) is 0 Å². The number of halogens is 3. The van der Waals surface area contributed by atoms with Crippen LogP contribution in [-0.2, 0) is 19.4 Å². The largest absolute Gasteiger partial charge is 0.388 e. The molecule has 1 N–H and O–H groups in total. The summed E-state index contributed by atoms with van der Waals surface area (Å²) in [6.45, 7) is 4.85. The molecular formula is C15H17BrCl2N2O. The van der Waals surface area contributed by atoms with Crippen molar-refractivity contribution in [3.63, 3.8) is 0 Å². The number of aliphatic hydroxyl groups excluding tert-OH is 1. The molecule has 0 saturated carbocycles. The lowest BCUT2D eigenvalue weighted by Gasteiger charge is -2.13. The van der Waals surface area contributed by atoms with Crippen LogP contribution in [-0.4, -0.2) is 14.9 Å². The highest BCUT2D eigenvalue weighted by atomic mass is 79.9. The molecule has 2 aromatic rings. The first-order valence-corrected chi connectivity index (χ1v) is 8.39. The second-order valence-corrected chi connectivity index (χ2v) is 6.47. The van der Waals surface area contributed by atoms with E-state index < -0.39 is 6.10 Å². The third kappa shape index (κ3) is 3.81. The molecule has 0 spiro atoms. The van der Waals surface area contributed by atoms with Crippen LogP contribution in [0, 0.1) is 0 Å². The first kappa shape index (κ1) is 16.8. The van der Waals surface area contributed by atoms with E-state index >= 15 is 0 Å². The minimum atomic E-state index is -0.677. The summed E-state index contributed by atoms with van der Waals surface area (Å²) in [5.41, 5.74) is 2.70. The Balaban J connectivity index is 2.30. The van der Waals surface area contributed by atoms with Crippen LogP contribution in [0.15, 0.2) is 22.7 Å². The van der Waals surface area contributed by atoms with Crippen molar-refractivity contribution in [1.82, 2.24) is 9.78 Å². The Kier molecular flexibility index (Phi) is 5.72. The third-order valence-corrected chi connectivity index (χ3v) is 4.70. The lowest BCUT2D eigenvalue weighted by atomic mass is 10.0. The SMILES string of the molecule is CCc1nn(CC)c(CC(O)c2cc(Cl)cc(Cl)c2)c1Br. The summed E-state index contributed by atoms with van der Waals surface area (Å²) in [4.78, 5) is 0. The topological polar surface area (TPSA) is 38.0 Å². The number of aryl methyl sites for hydroxylation is 2. The predicted octanol–water partition coefficient (Wildman–Crippen LogP) is 4.81. The number of hydrogen-bond donors (Lipinski definition) is 1. The molecule has 0 fully saturated rings. The van der Waals surface area contributed by atoms with E-state index in [0.29, 0.717) is 22.0 Å². The third-order valence-electron chi connectivity index (χ3n) is 3.35. The molecule has 6 heteroatoms. The van der Waals surface area contributed by atoms with E-state index in [-0.39, 0.29) is 0 Å². The van der Waals surface area contributed by atoms with Gasteiger partial charge in [0.25, 0.3) is 0 Å². The molecule has 1 aromatic carbocycles. The lowest BCUT2D eigenvalue weighted by Crippen LogP contribution is -2.09. The van der Waals surface area contributed by atoms with Gasteiger partial charge < -0.3 is 5.11 Å². The van der Waals surface area contributed by atoms with E-state index in [1.54, 1.807) is 18.2 Å². The molecule has 0 aliphatic heterocycles. The molecule has 2 rings (SSSR count). The molecule has 0 saturated heterocycles. The number of aromatic nitrogens is 2. The Morgan fingerprint density at radius 3 is 2.38 bits per heavy atom. The van der Waals surface area contributed by atoms with Crippen LogP contribution < -0.4 is 0 Å². The van der Waals surface area contributed by atoms with Crippen LogP contribution in [0.2, 0.25) is 10.0 Å². The average Bonchev–Trinajstić information content (AvgIpc) is 2.74. The van der Waals surface area contributed by atoms with Crippen LogP contribution in [0.3, 0.4) is 0 Å². The first-order valence-electron chi connectivity index (χ1n) is 6.84. The monoisotopic (exact) mass is 390 g/mol. The maximum atomic E-state index is 10.5. The van der Waals surface area contributed by atoms with Gasteiger partial charge in [-0.05, 0) is 53.0 Å². The summed E-state index contributed by atoms with van der Waals surface area (Å²) in [7, 11) is 0. The molecule has 21 heavy (non-hydrogen) atoms. The molecule has 1 heterocycles. The van der Waals surface area contributed by atoms with Gasteiger partial charge in [-0.3, -0.25) is 4.68 Å². The highest BCUT2D eigenvalue weighted by Gasteiger charge is 2.18. The van der Waals surface area contributed by atoms with Gasteiger partial charge in [-0.1, -0.05) is 30.1 Å². The minimum Gasteiger partial charge on any atom is -0.388 e. The molecule has 1 unspecified atom stereocenters. The van der Waals surface area contributed by atoms with Crippen molar-refractivity contribution in [2.24, 2.45) is 0 Å². The zero-order valence-electron chi connectivity index (χ0n) is 11.9. The number of rotatable bonds is 5. The molecule has 1 atom stereocenters. The number of nitrogens with zero attached hydrogens (tertiary/aromatic N) is 2. The molecule has 0 aliphatic rings. The Labute approximate surface area is 143 Å². The molecule has 0 aliphatic carbocycles. The summed E-state index contributed by atoms with van der Waals surface area (Å²) < 4.78 is 2.89. The Hall–Kier alpha value is -0.550. The summed E-state index contributed by atoms with van der Waals surface area (Å²) in [6, 6.07) is 5.12. The van der Waals surface area contributed by atoms with Crippen molar-refractivity contribution in [1.29, 1.82) is 0 Å². The molecular weight excluding hydrogens is 375 g/mol. The van der Waals surface area contributed by atoms with Crippen LogP contribution >= 0.6 is 39.1 Å². The van der Waals surface area contributed by atoms with Gasteiger partial charge in [0.05, 0.1) is 22.0 Å². The second kappa shape index (κ2) is 7.14. The standard InChI is InChI=1S/C15H17BrCl2N2O/c1-3-12-15(16)13(20(4-2)19-12)8-14(21)9-5-10(17)7-11(18)6-9/h5-7,14,21H,3-4,8H2,1-2H3. The average molecular weight is 392 g/mol. The highest BCUT2D eigenvalue weighted by molar-refractivity contribution is 9.10. The molecule has 0 amide bonds. The van der Waals surface area contributed by atoms with E-state index in [9.17, 15) is 5.11 Å². The van der Waals surface area contributed by atoms with Gasteiger partial charge in [0, 0.05) is 23.0 Å². The van der Waals surface area contributed by atoms with Crippen LogP contribution in [0.5, 0.6) is 0 Å². The second-order valence-electron chi connectivity index (χ2n) is 4.80. The molecule has 0 radical (unpaired) electrons. The van der Waals surface area contributed by atoms with Crippen molar-refractivity contribution in [3.8, 4) is 0 Å². The maximum Gasteiger partial charge on any atom is 0.0846 e. The van der Waals surface area contributed by atoms with E-state index in [2.05, 4.69) is 28.0 Å². The van der Waals surface area contributed by atoms with Crippen molar-refractivity contribution in [2.75, 3.05) is 0 Å². The van der Waals surface area contributed by atoms with Gasteiger partial charge in [0.1, 0.15) is 0 Å². The molecule has 3 nitrogen and oxygen atoms in total. The van der Waals surface area contributed by atoms with E-state index in [0.717, 1.165) is 28.8 Å². The van der Waals surface area contributed by atoms with Gasteiger partial charge in [-0.2, -0.15) is 5.10 Å². The van der Waals surface area contributed by atoms with Crippen LogP contribution in [0.25, 0.3) is 0 Å². The summed E-state index contributed by atoms with van der Waals surface area (Å²) in [5, 5.41) is 16.0. The summed E-state index contributed by atoms with van der Waals surface area (Å²) >= 11 is 15.6. The number of hydrogen-bond acceptors (Lipinski definition) is 2. The fraction of sp³-hybridized carbons (Fsp3) is 0.400. The van der Waals surface area contributed by atoms with E-state index in [4.69, 9.17) is 23.2 Å². The fourth-order valence-corrected chi connectivity index (χ4v) is 3.55. The Morgan fingerprint density at radius 1 is 1.24 bits per heavy atom. The maximum absolute atomic E-state index is 10.5. The van der Waals surface area contributed by atoms with Gasteiger partial charge in [-0.25, -0.2) is 0 Å². The normalized spacial score (nSPS) is 12.7. The molecule has 114 valence electrons. The predicted molar refractivity (Wildman–Crippen MR) is 90.1 cm³/mol. The molecule has 0 bridgehead atoms. The van der Waals surface area contributed by atoms with Gasteiger partial charge in [0.2, 0.25) is 0 Å². The van der Waals surface area contributed by atoms with E-state index in [1.165, 1.54) is 0 Å². The lowest BCUT2D eigenvalue weighted by molar-refractivity contribution is 0.175. The first-order chi connectivity index (χ1) is 9.96. The number of benzene rings is 1. The smallest absolute Gasteiger partial charge is 0.0846 e. The zero-order valence-corrected chi connectivity index (χ0v) is 15.0. The van der Waals surface area contributed by atoms with Crippen molar-refractivity contribution < 1.29 is 5.11 Å². The number of aliphatic hydroxyl groups is 1. The summed E-state index contributed by atoms with van der Waals surface area (Å²) in [5.74, 6) is 0. The fourth-order valence-electron chi connectivity index (χ4n) is 2.28. The van der Waals surface area contributed by atoms with Crippen LogP contribution in [0.4, 0.5) is 0 Å². The van der Waals surface area contributed by atoms with Crippen molar-refractivity contribution >= 4 is 39.1 Å². The quantitative estimate of drug-likeness (QED) is 0.793. The van der Waals surface area contributed by atoms with Gasteiger partial charge in [0.15, 0.2) is 0 Å².